The van der Waals surface area contributed by atoms with E-state index in [0.717, 1.165) is 17.2 Å². The number of hydrogen-bond acceptors (Lipinski definition) is 0. The van der Waals surface area contributed by atoms with Gasteiger partial charge in [-0.25, -0.2) is 13.2 Å². The molecule has 0 atom stereocenters. The van der Waals surface area contributed by atoms with Crippen LogP contribution in [0.4, 0.5) is 13.2 Å². The molecule has 2 rings (SSSR count). The Morgan fingerprint density at radius 3 is 1.32 bits per heavy atom. The minimum Gasteiger partial charge on any atom is -0.207 e. The molecular weight excluding hydrogens is 285 g/mol. The molecule has 120 valence electrons. The van der Waals surface area contributed by atoms with Crippen molar-refractivity contribution in [1.82, 2.24) is 0 Å². The maximum atomic E-state index is 12.8. The summed E-state index contributed by atoms with van der Waals surface area (Å²) >= 11 is 0. The molecule has 0 aliphatic rings. The van der Waals surface area contributed by atoms with E-state index in [0.29, 0.717) is 11.5 Å². The summed E-state index contributed by atoms with van der Waals surface area (Å²) in [6.45, 7) is 9.83. The summed E-state index contributed by atoms with van der Waals surface area (Å²) in [5, 5.41) is 0. The van der Waals surface area contributed by atoms with E-state index in [2.05, 4.69) is 13.8 Å². The molecule has 0 unspecified atom stereocenters. The van der Waals surface area contributed by atoms with Gasteiger partial charge in [-0.05, 0) is 59.7 Å². The molecule has 0 N–H and O–H groups in total. The van der Waals surface area contributed by atoms with Crippen LogP contribution >= 0.6 is 0 Å². The molecule has 0 nitrogen and oxygen atoms in total. The lowest BCUT2D eigenvalue weighted by Crippen LogP contribution is -1.90. The highest BCUT2D eigenvalue weighted by atomic mass is 19.1. The summed E-state index contributed by atoms with van der Waals surface area (Å²) < 4.78 is 37.9. The summed E-state index contributed by atoms with van der Waals surface area (Å²) in [6, 6.07) is 8.75. The standard InChI is InChI=1S/C10H13F.C9H10F2/c1-7(2)9-4-8(3)5-10(11)6-9;1-6(2)7-3-8(10)5-9(11)4-7/h4-7H,1-3H3;3-6H,1-2H3. The molecule has 0 saturated heterocycles. The fraction of sp³-hybridized carbons (Fsp3) is 0.368. The van der Waals surface area contributed by atoms with Gasteiger partial charge in [0.05, 0.1) is 0 Å². The van der Waals surface area contributed by atoms with Crippen LogP contribution in [0.5, 0.6) is 0 Å². The summed E-state index contributed by atoms with van der Waals surface area (Å²) in [4.78, 5) is 0. The van der Waals surface area contributed by atoms with Crippen LogP contribution in [0.1, 0.15) is 56.2 Å². The van der Waals surface area contributed by atoms with Crippen molar-refractivity contribution in [3.05, 3.63) is 70.5 Å². The van der Waals surface area contributed by atoms with Crippen molar-refractivity contribution in [3.8, 4) is 0 Å². The quantitative estimate of drug-likeness (QED) is 0.606. The first-order valence-electron chi connectivity index (χ1n) is 7.42. The van der Waals surface area contributed by atoms with Gasteiger partial charge >= 0.3 is 0 Å². The number of hydrogen-bond donors (Lipinski definition) is 0. The van der Waals surface area contributed by atoms with E-state index in [-0.39, 0.29) is 11.7 Å². The Kier molecular flexibility index (Phi) is 6.66. The molecule has 0 radical (unpaired) electrons. The minimum absolute atomic E-state index is 0.131. The van der Waals surface area contributed by atoms with E-state index < -0.39 is 11.6 Å². The molecule has 2 aromatic rings. The fourth-order valence-corrected chi connectivity index (χ4v) is 2.01. The Bertz CT molecular complexity index is 520. The third-order valence-electron chi connectivity index (χ3n) is 3.28. The van der Waals surface area contributed by atoms with Gasteiger partial charge in [-0.15, -0.1) is 0 Å². The lowest BCUT2D eigenvalue weighted by molar-refractivity contribution is 0.577. The maximum absolute atomic E-state index is 12.8. The molecule has 0 heterocycles. The second-order valence-corrected chi connectivity index (χ2v) is 6.07. The van der Waals surface area contributed by atoms with E-state index in [1.165, 1.54) is 12.1 Å². The maximum Gasteiger partial charge on any atom is 0.126 e. The zero-order valence-electron chi connectivity index (χ0n) is 13.8. The third kappa shape index (κ3) is 5.92. The Morgan fingerprint density at radius 2 is 0.955 bits per heavy atom. The van der Waals surface area contributed by atoms with Crippen molar-refractivity contribution in [2.45, 2.75) is 46.5 Å². The van der Waals surface area contributed by atoms with E-state index >= 15 is 0 Å². The topological polar surface area (TPSA) is 0 Å². The van der Waals surface area contributed by atoms with Gasteiger partial charge in [-0.2, -0.15) is 0 Å². The largest absolute Gasteiger partial charge is 0.207 e. The van der Waals surface area contributed by atoms with Gasteiger partial charge < -0.3 is 0 Å². The highest BCUT2D eigenvalue weighted by Crippen LogP contribution is 2.17. The van der Waals surface area contributed by atoms with E-state index in [1.807, 2.05) is 26.8 Å². The summed E-state index contributed by atoms with van der Waals surface area (Å²) in [7, 11) is 0. The molecule has 0 bridgehead atoms. The molecule has 0 saturated carbocycles. The fourth-order valence-electron chi connectivity index (χ4n) is 2.01. The molecule has 0 aliphatic carbocycles. The number of benzene rings is 2. The van der Waals surface area contributed by atoms with Crippen LogP contribution in [0.2, 0.25) is 0 Å². The van der Waals surface area contributed by atoms with Crippen LogP contribution in [-0.4, -0.2) is 0 Å². The molecule has 2 aromatic carbocycles. The van der Waals surface area contributed by atoms with E-state index in [9.17, 15) is 13.2 Å². The van der Waals surface area contributed by atoms with Crippen molar-refractivity contribution in [3.63, 3.8) is 0 Å². The van der Waals surface area contributed by atoms with Gasteiger partial charge in [0.15, 0.2) is 0 Å². The summed E-state index contributed by atoms with van der Waals surface area (Å²) in [5.74, 6) is -0.569. The molecule has 0 spiro atoms. The molecule has 22 heavy (non-hydrogen) atoms. The van der Waals surface area contributed by atoms with Crippen molar-refractivity contribution < 1.29 is 13.2 Å². The summed E-state index contributed by atoms with van der Waals surface area (Å²) in [6.07, 6.45) is 0. The molecule has 0 fully saturated rings. The zero-order chi connectivity index (χ0) is 16.9. The van der Waals surface area contributed by atoms with Crippen molar-refractivity contribution >= 4 is 0 Å². The van der Waals surface area contributed by atoms with Gasteiger partial charge in [-0.3, -0.25) is 0 Å². The predicted molar refractivity (Wildman–Crippen MR) is 85.7 cm³/mol. The molecule has 0 aliphatic heterocycles. The van der Waals surface area contributed by atoms with Crippen LogP contribution in [-0.2, 0) is 0 Å². The average Bonchev–Trinajstić information content (AvgIpc) is 2.37. The highest BCUT2D eigenvalue weighted by molar-refractivity contribution is 5.25. The number of rotatable bonds is 2. The third-order valence-corrected chi connectivity index (χ3v) is 3.28. The van der Waals surface area contributed by atoms with E-state index in [4.69, 9.17) is 0 Å². The average molecular weight is 308 g/mol. The first-order valence-corrected chi connectivity index (χ1v) is 7.42. The first kappa shape index (κ1) is 18.3. The second kappa shape index (κ2) is 8.02. The van der Waals surface area contributed by atoms with Gasteiger partial charge in [0.1, 0.15) is 17.5 Å². The summed E-state index contributed by atoms with van der Waals surface area (Å²) in [5.41, 5.74) is 2.76. The smallest absolute Gasteiger partial charge is 0.126 e. The number of aryl methyl sites for hydroxylation is 1. The molecule has 0 aromatic heterocycles. The lowest BCUT2D eigenvalue weighted by Gasteiger charge is -2.05. The van der Waals surface area contributed by atoms with Crippen LogP contribution in [0.15, 0.2) is 36.4 Å². The lowest BCUT2D eigenvalue weighted by atomic mass is 10.0. The van der Waals surface area contributed by atoms with Crippen molar-refractivity contribution in [1.29, 1.82) is 0 Å². The normalized spacial score (nSPS) is 10.6. The van der Waals surface area contributed by atoms with Gasteiger partial charge in [0.2, 0.25) is 0 Å². The van der Waals surface area contributed by atoms with Gasteiger partial charge in [0, 0.05) is 6.07 Å². The van der Waals surface area contributed by atoms with Crippen LogP contribution in [0.3, 0.4) is 0 Å². The van der Waals surface area contributed by atoms with Crippen molar-refractivity contribution in [2.24, 2.45) is 0 Å². The Morgan fingerprint density at radius 1 is 0.591 bits per heavy atom. The molecule has 0 amide bonds. The monoisotopic (exact) mass is 308 g/mol. The SMILES string of the molecule is CC(C)c1cc(F)cc(F)c1.Cc1cc(F)cc(C(C)C)c1. The number of halogens is 3. The Hall–Kier alpha value is -1.77. The minimum atomic E-state index is -0.506. The predicted octanol–water partition coefficient (Wildman–Crippen LogP) is 6.35. The Labute approximate surface area is 131 Å². The van der Waals surface area contributed by atoms with Crippen molar-refractivity contribution in [2.75, 3.05) is 0 Å². The molecule has 3 heteroatoms. The van der Waals surface area contributed by atoms with Gasteiger partial charge in [-0.1, -0.05) is 33.8 Å². The van der Waals surface area contributed by atoms with Gasteiger partial charge in [0.25, 0.3) is 0 Å². The van der Waals surface area contributed by atoms with Crippen LogP contribution in [0.25, 0.3) is 0 Å². The first-order chi connectivity index (χ1) is 10.2. The zero-order valence-corrected chi connectivity index (χ0v) is 13.8. The highest BCUT2D eigenvalue weighted by Gasteiger charge is 2.03. The van der Waals surface area contributed by atoms with Crippen LogP contribution < -0.4 is 0 Å². The van der Waals surface area contributed by atoms with Crippen LogP contribution in [0, 0.1) is 24.4 Å². The Balaban J connectivity index is 0.000000220. The molecular formula is C19H23F3. The van der Waals surface area contributed by atoms with E-state index in [1.54, 1.807) is 12.1 Å². The second-order valence-electron chi connectivity index (χ2n) is 6.07.